The zero-order chi connectivity index (χ0) is 16.3. The fourth-order valence-corrected chi connectivity index (χ4v) is 2.10. The number of hydrogen-bond donors (Lipinski definition) is 1. The molecule has 2 aromatic rings. The van der Waals surface area contributed by atoms with E-state index in [9.17, 15) is 18.3 Å². The SMILES string of the molecule is COc1c(C(C)Oc2c[c]cc(O)c2)cccc1C(F)(F)F. The van der Waals surface area contributed by atoms with Crippen LogP contribution in [0.1, 0.15) is 24.2 Å². The van der Waals surface area contributed by atoms with Gasteiger partial charge in [0.1, 0.15) is 23.4 Å². The van der Waals surface area contributed by atoms with E-state index in [2.05, 4.69) is 6.07 Å². The van der Waals surface area contributed by atoms with Crippen molar-refractivity contribution in [3.05, 3.63) is 53.6 Å². The Hall–Kier alpha value is -2.37. The number of methoxy groups -OCH3 is 1. The van der Waals surface area contributed by atoms with Crippen LogP contribution in [0.15, 0.2) is 36.4 Å². The molecule has 1 N–H and O–H groups in total. The minimum absolute atomic E-state index is 0.0410. The van der Waals surface area contributed by atoms with Crippen LogP contribution < -0.4 is 9.47 Å². The monoisotopic (exact) mass is 311 g/mol. The average molecular weight is 311 g/mol. The molecule has 0 spiro atoms. The van der Waals surface area contributed by atoms with E-state index in [0.717, 1.165) is 6.07 Å². The molecule has 2 rings (SSSR count). The predicted molar refractivity (Wildman–Crippen MR) is 74.0 cm³/mol. The Morgan fingerprint density at radius 1 is 1.23 bits per heavy atom. The Labute approximate surface area is 125 Å². The number of halogens is 3. The van der Waals surface area contributed by atoms with Gasteiger partial charge in [-0.1, -0.05) is 12.1 Å². The van der Waals surface area contributed by atoms with Gasteiger partial charge in [-0.2, -0.15) is 13.2 Å². The topological polar surface area (TPSA) is 38.7 Å². The average Bonchev–Trinajstić information content (AvgIpc) is 2.45. The molecule has 0 amide bonds. The molecule has 1 radical (unpaired) electrons. The van der Waals surface area contributed by atoms with Crippen LogP contribution in [0, 0.1) is 6.07 Å². The highest BCUT2D eigenvalue weighted by atomic mass is 19.4. The lowest BCUT2D eigenvalue weighted by atomic mass is 10.0. The van der Waals surface area contributed by atoms with Crippen molar-refractivity contribution in [2.75, 3.05) is 7.11 Å². The molecule has 0 saturated carbocycles. The van der Waals surface area contributed by atoms with Crippen molar-refractivity contribution < 1.29 is 27.8 Å². The summed E-state index contributed by atoms with van der Waals surface area (Å²) < 4.78 is 49.5. The fraction of sp³-hybridized carbons (Fsp3) is 0.250. The van der Waals surface area contributed by atoms with Gasteiger partial charge in [-0.05, 0) is 31.2 Å². The summed E-state index contributed by atoms with van der Waals surface area (Å²) in [6, 6.07) is 10.6. The van der Waals surface area contributed by atoms with Gasteiger partial charge >= 0.3 is 6.18 Å². The van der Waals surface area contributed by atoms with Crippen molar-refractivity contribution in [1.29, 1.82) is 0 Å². The van der Waals surface area contributed by atoms with Crippen LogP contribution in [0.25, 0.3) is 0 Å². The zero-order valence-corrected chi connectivity index (χ0v) is 11.9. The third-order valence-corrected chi connectivity index (χ3v) is 3.05. The summed E-state index contributed by atoms with van der Waals surface area (Å²) in [5.74, 6) is -0.0145. The molecule has 0 saturated heterocycles. The molecule has 117 valence electrons. The molecule has 22 heavy (non-hydrogen) atoms. The largest absolute Gasteiger partial charge is 0.508 e. The first-order chi connectivity index (χ1) is 10.3. The molecule has 3 nitrogen and oxygen atoms in total. The molecule has 0 heterocycles. The molecular weight excluding hydrogens is 297 g/mol. The number of alkyl halides is 3. The number of phenols is 1. The molecule has 0 bridgehead atoms. The second-order valence-electron chi connectivity index (χ2n) is 4.61. The highest BCUT2D eigenvalue weighted by Gasteiger charge is 2.36. The predicted octanol–water partition coefficient (Wildman–Crippen LogP) is 4.36. The first kappa shape index (κ1) is 16.0. The molecule has 6 heteroatoms. The quantitative estimate of drug-likeness (QED) is 0.912. The highest BCUT2D eigenvalue weighted by Crippen LogP contribution is 2.40. The van der Waals surface area contributed by atoms with Gasteiger partial charge in [-0.25, -0.2) is 0 Å². The lowest BCUT2D eigenvalue weighted by Gasteiger charge is -2.20. The summed E-state index contributed by atoms with van der Waals surface area (Å²) in [5, 5.41) is 9.36. The van der Waals surface area contributed by atoms with Crippen molar-refractivity contribution >= 4 is 0 Å². The maximum absolute atomic E-state index is 13.0. The van der Waals surface area contributed by atoms with Crippen molar-refractivity contribution in [1.82, 2.24) is 0 Å². The maximum Gasteiger partial charge on any atom is 0.419 e. The fourth-order valence-electron chi connectivity index (χ4n) is 2.10. The summed E-state index contributed by atoms with van der Waals surface area (Å²) in [7, 11) is 1.18. The number of hydrogen-bond acceptors (Lipinski definition) is 3. The van der Waals surface area contributed by atoms with Gasteiger partial charge in [0.25, 0.3) is 0 Å². The summed E-state index contributed by atoms with van der Waals surface area (Å²) in [4.78, 5) is 0. The maximum atomic E-state index is 13.0. The summed E-state index contributed by atoms with van der Waals surface area (Å²) in [5.41, 5.74) is -0.592. The van der Waals surface area contributed by atoms with Gasteiger partial charge in [0.05, 0.1) is 12.7 Å². The lowest BCUT2D eigenvalue weighted by molar-refractivity contribution is -0.138. The first-order valence-corrected chi connectivity index (χ1v) is 6.43. The highest BCUT2D eigenvalue weighted by molar-refractivity contribution is 5.45. The standard InChI is InChI=1S/C16H14F3O3/c1-10(22-12-6-3-5-11(20)9-12)13-7-4-8-14(15(13)21-2)16(17,18)19/h4-10,20H,1-2H3. The minimum Gasteiger partial charge on any atom is -0.508 e. The van der Waals surface area contributed by atoms with Crippen LogP contribution in [0.5, 0.6) is 17.2 Å². The van der Waals surface area contributed by atoms with E-state index < -0.39 is 17.8 Å². The normalized spacial score (nSPS) is 12.8. The Balaban J connectivity index is 2.35. The molecule has 0 fully saturated rings. The Kier molecular flexibility index (Phi) is 4.49. The van der Waals surface area contributed by atoms with Gasteiger partial charge in [0.15, 0.2) is 0 Å². The second-order valence-corrected chi connectivity index (χ2v) is 4.61. The van der Waals surface area contributed by atoms with Crippen LogP contribution in [-0.2, 0) is 6.18 Å². The van der Waals surface area contributed by atoms with Gasteiger partial charge in [-0.15, -0.1) is 0 Å². The zero-order valence-electron chi connectivity index (χ0n) is 11.9. The number of aromatic hydroxyl groups is 1. The summed E-state index contributed by atoms with van der Waals surface area (Å²) in [6.45, 7) is 1.60. The smallest absolute Gasteiger partial charge is 0.419 e. The number of benzene rings is 2. The molecule has 2 aromatic carbocycles. The first-order valence-electron chi connectivity index (χ1n) is 6.43. The number of para-hydroxylation sites is 1. The molecule has 0 aromatic heterocycles. The van der Waals surface area contributed by atoms with Crippen molar-refractivity contribution in [3.63, 3.8) is 0 Å². The van der Waals surface area contributed by atoms with E-state index in [1.807, 2.05) is 0 Å². The van der Waals surface area contributed by atoms with Crippen LogP contribution in [0.4, 0.5) is 13.2 Å². The van der Waals surface area contributed by atoms with Gasteiger partial charge in [0, 0.05) is 11.6 Å². The summed E-state index contributed by atoms with van der Waals surface area (Å²) >= 11 is 0. The van der Waals surface area contributed by atoms with E-state index in [1.54, 1.807) is 6.92 Å². The third-order valence-electron chi connectivity index (χ3n) is 3.05. The molecular formula is C16H14F3O3. The molecule has 0 aliphatic heterocycles. The van der Waals surface area contributed by atoms with E-state index >= 15 is 0 Å². The molecule has 0 aliphatic rings. The Morgan fingerprint density at radius 2 is 1.95 bits per heavy atom. The van der Waals surface area contributed by atoms with Crippen LogP contribution in [-0.4, -0.2) is 12.2 Å². The molecule has 1 atom stereocenters. The van der Waals surface area contributed by atoms with E-state index in [4.69, 9.17) is 9.47 Å². The van der Waals surface area contributed by atoms with E-state index in [0.29, 0.717) is 5.75 Å². The minimum atomic E-state index is -4.51. The van der Waals surface area contributed by atoms with Crippen LogP contribution >= 0.6 is 0 Å². The van der Waals surface area contributed by atoms with Crippen molar-refractivity contribution in [2.45, 2.75) is 19.2 Å². The van der Waals surface area contributed by atoms with Crippen molar-refractivity contribution in [3.8, 4) is 17.2 Å². The van der Waals surface area contributed by atoms with E-state index in [-0.39, 0.29) is 17.1 Å². The van der Waals surface area contributed by atoms with Gasteiger partial charge in [-0.3, -0.25) is 0 Å². The second kappa shape index (κ2) is 6.17. The Morgan fingerprint density at radius 3 is 2.55 bits per heavy atom. The number of ether oxygens (including phenoxy) is 2. The van der Waals surface area contributed by atoms with Crippen molar-refractivity contribution in [2.24, 2.45) is 0 Å². The van der Waals surface area contributed by atoms with Crippen LogP contribution in [0.2, 0.25) is 0 Å². The summed E-state index contributed by atoms with van der Waals surface area (Å²) in [6.07, 6.45) is -5.22. The molecule has 0 aliphatic carbocycles. The molecule has 1 unspecified atom stereocenters. The third kappa shape index (κ3) is 3.44. The number of phenolic OH excluding ortho intramolecular Hbond substituents is 1. The lowest BCUT2D eigenvalue weighted by Crippen LogP contribution is -2.12. The van der Waals surface area contributed by atoms with Crippen LogP contribution in [0.3, 0.4) is 0 Å². The van der Waals surface area contributed by atoms with E-state index in [1.165, 1.54) is 37.4 Å². The Bertz CT molecular complexity index is 653. The van der Waals surface area contributed by atoms with Gasteiger partial charge in [0.2, 0.25) is 0 Å². The number of rotatable bonds is 4. The van der Waals surface area contributed by atoms with Gasteiger partial charge < -0.3 is 14.6 Å².